The molecule has 3 nitrogen and oxygen atoms in total. The molecular weight excluding hydrogens is 305 g/mol. The number of hydrogen-bond donors (Lipinski definition) is 1. The Labute approximate surface area is 140 Å². The summed E-state index contributed by atoms with van der Waals surface area (Å²) in [6.07, 6.45) is 4.02. The highest BCUT2D eigenvalue weighted by atomic mass is 19.1. The van der Waals surface area contributed by atoms with Gasteiger partial charge in [0.25, 0.3) is 5.91 Å². The van der Waals surface area contributed by atoms with Crippen molar-refractivity contribution in [1.82, 2.24) is 0 Å². The van der Waals surface area contributed by atoms with Crippen molar-refractivity contribution < 1.29 is 14.3 Å². The number of fused-ring (bicyclic) bond motifs is 2. The number of aliphatic hydroxyl groups is 1. The van der Waals surface area contributed by atoms with Crippen LogP contribution in [0.5, 0.6) is 0 Å². The molecule has 0 bridgehead atoms. The first-order valence-corrected chi connectivity index (χ1v) is 8.45. The lowest BCUT2D eigenvalue weighted by atomic mass is 9.80. The lowest BCUT2D eigenvalue weighted by Gasteiger charge is -2.25. The van der Waals surface area contributed by atoms with Crippen LogP contribution >= 0.6 is 0 Å². The molecule has 0 radical (unpaired) electrons. The highest BCUT2D eigenvalue weighted by molar-refractivity contribution is 6.07. The molecule has 24 heavy (non-hydrogen) atoms. The van der Waals surface area contributed by atoms with Gasteiger partial charge in [-0.3, -0.25) is 4.79 Å². The van der Waals surface area contributed by atoms with Crippen molar-refractivity contribution in [1.29, 1.82) is 0 Å². The van der Waals surface area contributed by atoms with E-state index in [0.29, 0.717) is 28.9 Å². The van der Waals surface area contributed by atoms with Gasteiger partial charge >= 0.3 is 0 Å². The van der Waals surface area contributed by atoms with Gasteiger partial charge in [0.2, 0.25) is 0 Å². The maximum absolute atomic E-state index is 14.6. The van der Waals surface area contributed by atoms with E-state index in [9.17, 15) is 14.3 Å². The van der Waals surface area contributed by atoms with E-state index in [0.717, 1.165) is 25.7 Å². The van der Waals surface area contributed by atoms with Gasteiger partial charge in [0, 0.05) is 23.1 Å². The zero-order valence-electron chi connectivity index (χ0n) is 13.5. The highest BCUT2D eigenvalue weighted by Crippen LogP contribution is 2.51. The van der Waals surface area contributed by atoms with E-state index in [1.807, 2.05) is 6.07 Å². The third-order valence-electron chi connectivity index (χ3n) is 5.44. The number of anilines is 1. The van der Waals surface area contributed by atoms with Crippen molar-refractivity contribution in [3.05, 3.63) is 65.0 Å². The smallest absolute Gasteiger partial charge is 0.258 e. The first-order valence-electron chi connectivity index (χ1n) is 8.45. The van der Waals surface area contributed by atoms with Crippen LogP contribution in [0.4, 0.5) is 10.1 Å². The molecule has 2 aliphatic rings. The van der Waals surface area contributed by atoms with Crippen LogP contribution in [0, 0.1) is 5.82 Å². The van der Waals surface area contributed by atoms with Crippen LogP contribution in [0.15, 0.2) is 42.5 Å². The predicted molar refractivity (Wildman–Crippen MR) is 90.6 cm³/mol. The maximum atomic E-state index is 14.6. The summed E-state index contributed by atoms with van der Waals surface area (Å²) >= 11 is 0. The molecule has 2 aromatic carbocycles. The molecule has 0 unspecified atom stereocenters. The summed E-state index contributed by atoms with van der Waals surface area (Å²) in [4.78, 5) is 14.8. The summed E-state index contributed by atoms with van der Waals surface area (Å²) in [6, 6.07) is 12.0. The molecule has 1 saturated carbocycles. The van der Waals surface area contributed by atoms with E-state index in [1.165, 1.54) is 6.07 Å². The van der Waals surface area contributed by atoms with Crippen LogP contribution in [-0.2, 0) is 12.0 Å². The lowest BCUT2D eigenvalue weighted by molar-refractivity contribution is 0.0984. The Hall–Kier alpha value is -2.20. The first kappa shape index (κ1) is 15.3. The fraction of sp³-hybridized carbons (Fsp3) is 0.350. The first-order chi connectivity index (χ1) is 11.6. The van der Waals surface area contributed by atoms with Crippen LogP contribution in [0.25, 0.3) is 0 Å². The Morgan fingerprint density at radius 2 is 1.92 bits per heavy atom. The van der Waals surface area contributed by atoms with E-state index in [-0.39, 0.29) is 23.7 Å². The summed E-state index contributed by atoms with van der Waals surface area (Å²) < 4.78 is 14.6. The average Bonchev–Trinajstić information content (AvgIpc) is 3.21. The number of hydrogen-bond acceptors (Lipinski definition) is 2. The molecule has 1 amide bonds. The van der Waals surface area contributed by atoms with Gasteiger partial charge in [-0.1, -0.05) is 31.0 Å². The Balaban J connectivity index is 1.77. The Bertz CT molecular complexity index is 796. The molecular formula is C20H20FNO2. The van der Waals surface area contributed by atoms with Crippen LogP contribution < -0.4 is 4.90 Å². The van der Waals surface area contributed by atoms with Gasteiger partial charge in [-0.25, -0.2) is 4.39 Å². The van der Waals surface area contributed by atoms with Crippen LogP contribution in [-0.4, -0.2) is 17.6 Å². The summed E-state index contributed by atoms with van der Waals surface area (Å²) in [5.41, 5.74) is 2.43. The van der Waals surface area contributed by atoms with Crippen molar-refractivity contribution in [2.45, 2.75) is 37.7 Å². The van der Waals surface area contributed by atoms with Crippen molar-refractivity contribution in [3.8, 4) is 0 Å². The molecule has 0 atom stereocenters. The SMILES string of the molecule is O=C(c1cccc(CO)c1)N1CC2(CCCC2)c2c(F)cccc21. The van der Waals surface area contributed by atoms with E-state index in [1.54, 1.807) is 35.2 Å². The zero-order valence-corrected chi connectivity index (χ0v) is 13.5. The standard InChI is InChI=1S/C20H20FNO2/c21-16-7-4-8-17-18(16)20(9-1-2-10-20)13-22(17)19(24)15-6-3-5-14(11-15)12-23/h3-8,11,23H,1-2,9-10,12-13H2. The third kappa shape index (κ3) is 2.25. The van der Waals surface area contributed by atoms with Gasteiger partial charge in [0.05, 0.1) is 12.3 Å². The Morgan fingerprint density at radius 1 is 1.17 bits per heavy atom. The summed E-state index contributed by atoms with van der Waals surface area (Å²) in [7, 11) is 0. The van der Waals surface area contributed by atoms with E-state index in [2.05, 4.69) is 0 Å². The highest BCUT2D eigenvalue weighted by Gasteiger charge is 2.48. The fourth-order valence-corrected chi connectivity index (χ4v) is 4.33. The van der Waals surface area contributed by atoms with Crippen LogP contribution in [0.2, 0.25) is 0 Å². The molecule has 1 N–H and O–H groups in total. The normalized spacial score (nSPS) is 18.2. The summed E-state index contributed by atoms with van der Waals surface area (Å²) in [6.45, 7) is 0.446. The number of aliphatic hydroxyl groups excluding tert-OH is 1. The molecule has 1 spiro atoms. The minimum absolute atomic E-state index is 0.101. The van der Waals surface area contributed by atoms with E-state index in [4.69, 9.17) is 0 Å². The molecule has 1 fully saturated rings. The Morgan fingerprint density at radius 3 is 2.67 bits per heavy atom. The van der Waals surface area contributed by atoms with Gasteiger partial charge in [-0.2, -0.15) is 0 Å². The molecule has 0 saturated heterocycles. The largest absolute Gasteiger partial charge is 0.392 e. The van der Waals surface area contributed by atoms with Gasteiger partial charge in [0.1, 0.15) is 5.82 Å². The summed E-state index contributed by atoms with van der Waals surface area (Å²) in [5, 5.41) is 9.30. The predicted octanol–water partition coefficient (Wildman–Crippen LogP) is 3.79. The van der Waals surface area contributed by atoms with Gasteiger partial charge in [-0.15, -0.1) is 0 Å². The average molecular weight is 325 g/mol. The quantitative estimate of drug-likeness (QED) is 0.912. The zero-order chi connectivity index (χ0) is 16.7. The fourth-order valence-electron chi connectivity index (χ4n) is 4.33. The second-order valence-electron chi connectivity index (χ2n) is 6.87. The molecule has 4 heteroatoms. The molecule has 0 aromatic heterocycles. The molecule has 2 aromatic rings. The Kier molecular flexibility index (Phi) is 3.65. The van der Waals surface area contributed by atoms with Gasteiger partial charge in [-0.05, 0) is 42.7 Å². The maximum Gasteiger partial charge on any atom is 0.258 e. The van der Waals surface area contributed by atoms with Gasteiger partial charge in [0.15, 0.2) is 0 Å². The van der Waals surface area contributed by atoms with Crippen LogP contribution in [0.1, 0.15) is 47.2 Å². The number of carbonyl (C=O) groups is 1. The topological polar surface area (TPSA) is 40.5 Å². The van der Waals surface area contributed by atoms with Gasteiger partial charge < -0.3 is 10.0 Å². The van der Waals surface area contributed by atoms with E-state index < -0.39 is 0 Å². The van der Waals surface area contributed by atoms with Crippen molar-refractivity contribution >= 4 is 11.6 Å². The van der Waals surface area contributed by atoms with Crippen molar-refractivity contribution in [2.24, 2.45) is 0 Å². The van der Waals surface area contributed by atoms with Crippen molar-refractivity contribution in [3.63, 3.8) is 0 Å². The second kappa shape index (κ2) is 5.71. The minimum atomic E-state index is -0.231. The molecule has 1 aliphatic carbocycles. The number of carbonyl (C=O) groups excluding carboxylic acids is 1. The monoisotopic (exact) mass is 325 g/mol. The number of nitrogens with zero attached hydrogens (tertiary/aromatic N) is 1. The number of rotatable bonds is 2. The van der Waals surface area contributed by atoms with Crippen LogP contribution in [0.3, 0.4) is 0 Å². The lowest BCUT2D eigenvalue weighted by Crippen LogP contribution is -2.35. The minimum Gasteiger partial charge on any atom is -0.392 e. The summed E-state index contributed by atoms with van der Waals surface area (Å²) in [5.74, 6) is -0.324. The molecule has 1 aliphatic heterocycles. The number of halogens is 1. The number of amides is 1. The third-order valence-corrected chi connectivity index (χ3v) is 5.44. The molecule has 4 rings (SSSR count). The second-order valence-corrected chi connectivity index (χ2v) is 6.87. The molecule has 124 valence electrons. The number of benzene rings is 2. The molecule has 1 heterocycles. The van der Waals surface area contributed by atoms with E-state index >= 15 is 0 Å². The van der Waals surface area contributed by atoms with Crippen molar-refractivity contribution in [2.75, 3.05) is 11.4 Å².